The maximum atomic E-state index is 12.6. The van der Waals surface area contributed by atoms with Crippen molar-refractivity contribution in [3.8, 4) is 0 Å². The highest BCUT2D eigenvalue weighted by atomic mass is 32.1. The summed E-state index contributed by atoms with van der Waals surface area (Å²) in [5, 5.41) is 2.02. The van der Waals surface area contributed by atoms with Crippen LogP contribution in [0.25, 0.3) is 0 Å². The first-order valence-electron chi connectivity index (χ1n) is 8.61. The van der Waals surface area contributed by atoms with E-state index in [0.717, 1.165) is 29.1 Å². The van der Waals surface area contributed by atoms with Gasteiger partial charge in [0.1, 0.15) is 5.82 Å². The first kappa shape index (κ1) is 17.9. The number of carbonyl (C=O) groups excluding carboxylic acids is 1. The molecule has 25 heavy (non-hydrogen) atoms. The first-order chi connectivity index (χ1) is 12.0. The fourth-order valence-electron chi connectivity index (χ4n) is 2.97. The molecule has 5 nitrogen and oxygen atoms in total. The maximum Gasteiger partial charge on any atom is 0.264 e. The molecule has 0 saturated carbocycles. The predicted molar refractivity (Wildman–Crippen MR) is 102 cm³/mol. The molecule has 0 N–H and O–H groups in total. The van der Waals surface area contributed by atoms with Crippen molar-refractivity contribution >= 4 is 23.1 Å². The van der Waals surface area contributed by atoms with Crippen LogP contribution >= 0.6 is 11.3 Å². The number of hydrogen-bond donors (Lipinski definition) is 0. The molecule has 0 aliphatic carbocycles. The molecule has 0 spiro atoms. The molecular formula is C19H25N3O2S. The largest absolute Gasteiger partial charge is 0.375 e. The molecule has 1 amide bonds. The van der Waals surface area contributed by atoms with E-state index in [1.54, 1.807) is 0 Å². The second-order valence-corrected chi connectivity index (χ2v) is 7.60. The number of rotatable bonds is 5. The lowest BCUT2D eigenvalue weighted by Gasteiger charge is -2.32. The molecule has 3 rings (SSSR count). The molecule has 3 heterocycles. The van der Waals surface area contributed by atoms with Gasteiger partial charge in [-0.15, -0.1) is 11.3 Å². The van der Waals surface area contributed by atoms with E-state index in [1.807, 2.05) is 54.5 Å². The van der Waals surface area contributed by atoms with E-state index < -0.39 is 0 Å². The van der Waals surface area contributed by atoms with Gasteiger partial charge in [0.2, 0.25) is 0 Å². The van der Waals surface area contributed by atoms with Gasteiger partial charge in [-0.3, -0.25) is 4.79 Å². The third kappa shape index (κ3) is 4.58. The number of nitrogens with zero attached hydrogens (tertiary/aromatic N) is 3. The van der Waals surface area contributed by atoms with Crippen molar-refractivity contribution in [1.29, 1.82) is 0 Å². The second kappa shape index (κ2) is 7.97. The van der Waals surface area contributed by atoms with Crippen molar-refractivity contribution < 1.29 is 9.53 Å². The Labute approximate surface area is 153 Å². The van der Waals surface area contributed by atoms with Crippen LogP contribution in [-0.2, 0) is 11.2 Å². The van der Waals surface area contributed by atoms with Gasteiger partial charge in [-0.1, -0.05) is 0 Å². The quantitative estimate of drug-likeness (QED) is 0.823. The molecule has 1 aliphatic heterocycles. The van der Waals surface area contributed by atoms with Gasteiger partial charge >= 0.3 is 0 Å². The van der Waals surface area contributed by atoms with E-state index in [-0.39, 0.29) is 12.0 Å². The molecule has 1 fully saturated rings. The van der Waals surface area contributed by atoms with Gasteiger partial charge in [-0.05, 0) is 54.5 Å². The molecule has 1 unspecified atom stereocenters. The van der Waals surface area contributed by atoms with Crippen molar-refractivity contribution in [3.63, 3.8) is 0 Å². The molecule has 134 valence electrons. The van der Waals surface area contributed by atoms with Crippen LogP contribution in [0.15, 0.2) is 29.8 Å². The highest BCUT2D eigenvalue weighted by Crippen LogP contribution is 2.20. The first-order valence-corrected chi connectivity index (χ1v) is 9.49. The van der Waals surface area contributed by atoms with Gasteiger partial charge in [0.15, 0.2) is 0 Å². The fraction of sp³-hybridized carbons (Fsp3) is 0.474. The van der Waals surface area contributed by atoms with Gasteiger partial charge in [0.25, 0.3) is 5.91 Å². The van der Waals surface area contributed by atoms with Gasteiger partial charge in [-0.2, -0.15) is 0 Å². The summed E-state index contributed by atoms with van der Waals surface area (Å²) in [5.41, 5.74) is 2.40. The van der Waals surface area contributed by atoms with Crippen LogP contribution < -0.4 is 4.90 Å². The number of ether oxygens (including phenoxy) is 1. The van der Waals surface area contributed by atoms with E-state index in [4.69, 9.17) is 4.74 Å². The third-order valence-electron chi connectivity index (χ3n) is 4.39. The highest BCUT2D eigenvalue weighted by molar-refractivity contribution is 7.12. The molecule has 1 saturated heterocycles. The monoisotopic (exact) mass is 359 g/mol. The number of amides is 1. The maximum absolute atomic E-state index is 12.6. The van der Waals surface area contributed by atoms with Gasteiger partial charge in [0.05, 0.1) is 17.6 Å². The van der Waals surface area contributed by atoms with Crippen LogP contribution in [0.4, 0.5) is 5.82 Å². The van der Waals surface area contributed by atoms with Crippen LogP contribution in [0.1, 0.15) is 27.2 Å². The topological polar surface area (TPSA) is 45.7 Å². The number of carbonyl (C=O) groups is 1. The Morgan fingerprint density at radius 2 is 2.28 bits per heavy atom. The average molecular weight is 359 g/mol. The minimum absolute atomic E-state index is 0.0923. The van der Waals surface area contributed by atoms with Crippen LogP contribution in [0.3, 0.4) is 0 Å². The second-order valence-electron chi connectivity index (χ2n) is 6.69. The summed E-state index contributed by atoms with van der Waals surface area (Å²) in [6, 6.07) is 6.13. The molecular weight excluding hydrogens is 334 g/mol. The third-order valence-corrected chi connectivity index (χ3v) is 5.43. The molecule has 0 bridgehead atoms. The normalized spacial score (nSPS) is 17.6. The van der Waals surface area contributed by atoms with Crippen molar-refractivity contribution in [2.75, 3.05) is 38.7 Å². The van der Waals surface area contributed by atoms with Gasteiger partial charge < -0.3 is 14.5 Å². The molecule has 6 heteroatoms. The van der Waals surface area contributed by atoms with Crippen LogP contribution in [0, 0.1) is 6.92 Å². The number of thiophene rings is 1. The van der Waals surface area contributed by atoms with E-state index in [1.165, 1.54) is 16.9 Å². The zero-order valence-corrected chi connectivity index (χ0v) is 15.9. The van der Waals surface area contributed by atoms with Crippen molar-refractivity contribution in [1.82, 2.24) is 9.88 Å². The summed E-state index contributed by atoms with van der Waals surface area (Å²) >= 11 is 1.52. The molecule has 0 radical (unpaired) electrons. The number of anilines is 1. The minimum atomic E-state index is 0.0923. The predicted octanol–water partition coefficient (Wildman–Crippen LogP) is 2.99. The lowest BCUT2D eigenvalue weighted by Crippen LogP contribution is -2.45. The summed E-state index contributed by atoms with van der Waals surface area (Å²) in [6.07, 6.45) is 3.77. The average Bonchev–Trinajstić information content (AvgIpc) is 3.06. The van der Waals surface area contributed by atoms with E-state index >= 15 is 0 Å². The van der Waals surface area contributed by atoms with Crippen molar-refractivity contribution in [3.05, 3.63) is 45.8 Å². The Morgan fingerprint density at radius 1 is 1.44 bits per heavy atom. The van der Waals surface area contributed by atoms with E-state index in [0.29, 0.717) is 19.7 Å². The minimum Gasteiger partial charge on any atom is -0.375 e. The Bertz CT molecular complexity index is 729. The van der Waals surface area contributed by atoms with Crippen LogP contribution in [-0.4, -0.2) is 55.7 Å². The molecule has 1 aliphatic rings. The van der Waals surface area contributed by atoms with Crippen molar-refractivity contribution in [2.24, 2.45) is 0 Å². The number of hydrogen-bond acceptors (Lipinski definition) is 5. The van der Waals surface area contributed by atoms with Crippen molar-refractivity contribution in [2.45, 2.75) is 25.9 Å². The number of pyridine rings is 1. The zero-order valence-electron chi connectivity index (χ0n) is 15.1. The molecule has 2 aromatic heterocycles. The standard InChI is InChI=1S/C19H25N3O2S/c1-14-10-17(25-13-14)19(23)22-8-9-24-16(12-22)5-4-15-6-7-20-18(11-15)21(2)3/h6-7,10-11,13,16H,4-5,8-9,12H2,1-3H3. The summed E-state index contributed by atoms with van der Waals surface area (Å²) < 4.78 is 5.88. The molecule has 1 atom stereocenters. The lowest BCUT2D eigenvalue weighted by atomic mass is 10.1. The van der Waals surface area contributed by atoms with Gasteiger partial charge in [0, 0.05) is 33.4 Å². The Balaban J connectivity index is 1.57. The zero-order chi connectivity index (χ0) is 17.8. The highest BCUT2D eigenvalue weighted by Gasteiger charge is 2.25. The summed E-state index contributed by atoms with van der Waals surface area (Å²) in [4.78, 5) is 21.7. The summed E-state index contributed by atoms with van der Waals surface area (Å²) in [7, 11) is 3.98. The number of aromatic nitrogens is 1. The molecule has 2 aromatic rings. The number of morpholine rings is 1. The van der Waals surface area contributed by atoms with Gasteiger partial charge in [-0.25, -0.2) is 4.98 Å². The lowest BCUT2D eigenvalue weighted by molar-refractivity contribution is -0.0244. The Morgan fingerprint density at radius 3 is 3.00 bits per heavy atom. The van der Waals surface area contributed by atoms with Crippen LogP contribution in [0.5, 0.6) is 0 Å². The Hall–Kier alpha value is -1.92. The molecule has 0 aromatic carbocycles. The summed E-state index contributed by atoms with van der Waals surface area (Å²) in [6.45, 7) is 3.97. The summed E-state index contributed by atoms with van der Waals surface area (Å²) in [5.74, 6) is 1.09. The van der Waals surface area contributed by atoms with E-state index in [9.17, 15) is 4.79 Å². The SMILES string of the molecule is Cc1csc(C(=O)N2CCOC(CCc3ccnc(N(C)C)c3)C2)c1. The van der Waals surface area contributed by atoms with Crippen LogP contribution in [0.2, 0.25) is 0 Å². The smallest absolute Gasteiger partial charge is 0.264 e. The Kier molecular flexibility index (Phi) is 5.71. The van der Waals surface area contributed by atoms with E-state index in [2.05, 4.69) is 11.1 Å². The fourth-order valence-corrected chi connectivity index (χ4v) is 3.83. The number of aryl methyl sites for hydroxylation is 2.